The van der Waals surface area contributed by atoms with Gasteiger partial charge in [0.15, 0.2) is 0 Å². The molecule has 3 heteroatoms. The van der Waals surface area contributed by atoms with Crippen molar-refractivity contribution in [3.05, 3.63) is 65.2 Å². The van der Waals surface area contributed by atoms with Crippen molar-refractivity contribution in [2.45, 2.75) is 19.4 Å². The van der Waals surface area contributed by atoms with Gasteiger partial charge < -0.3 is 10.1 Å². The fraction of sp³-hybridized carbons (Fsp3) is 0.235. The average molecular weight is 267 g/mol. The number of amides is 1. The molecule has 1 unspecified atom stereocenters. The zero-order valence-corrected chi connectivity index (χ0v) is 11.4. The fourth-order valence-electron chi connectivity index (χ4n) is 2.43. The Bertz CT molecular complexity index is 622. The van der Waals surface area contributed by atoms with Crippen LogP contribution in [0.25, 0.3) is 0 Å². The zero-order valence-electron chi connectivity index (χ0n) is 11.4. The lowest BCUT2D eigenvalue weighted by molar-refractivity contribution is 0.0915. The highest BCUT2D eigenvalue weighted by Crippen LogP contribution is 2.25. The predicted molar refractivity (Wildman–Crippen MR) is 78.1 cm³/mol. The van der Waals surface area contributed by atoms with Crippen molar-refractivity contribution in [2.75, 3.05) is 6.61 Å². The molecule has 102 valence electrons. The molecule has 0 radical (unpaired) electrons. The molecule has 0 spiro atoms. The SMILES string of the molecule is Cc1ccc2c(c1)OCC(NC(=O)c1ccccc1)C2. The minimum Gasteiger partial charge on any atom is -0.491 e. The van der Waals surface area contributed by atoms with Crippen molar-refractivity contribution in [3.8, 4) is 5.75 Å². The molecular weight excluding hydrogens is 250 g/mol. The van der Waals surface area contributed by atoms with Crippen LogP contribution in [0.15, 0.2) is 48.5 Å². The number of carbonyl (C=O) groups excluding carboxylic acids is 1. The van der Waals surface area contributed by atoms with Gasteiger partial charge in [-0.25, -0.2) is 0 Å². The number of benzene rings is 2. The van der Waals surface area contributed by atoms with Crippen LogP contribution >= 0.6 is 0 Å². The van der Waals surface area contributed by atoms with Gasteiger partial charge in [0.1, 0.15) is 12.4 Å². The van der Waals surface area contributed by atoms with E-state index in [4.69, 9.17) is 4.74 Å². The number of fused-ring (bicyclic) bond motifs is 1. The first-order chi connectivity index (χ1) is 9.72. The minimum absolute atomic E-state index is 0.0258. The molecule has 0 saturated heterocycles. The van der Waals surface area contributed by atoms with Gasteiger partial charge >= 0.3 is 0 Å². The van der Waals surface area contributed by atoms with Crippen molar-refractivity contribution in [3.63, 3.8) is 0 Å². The largest absolute Gasteiger partial charge is 0.491 e. The highest BCUT2D eigenvalue weighted by molar-refractivity contribution is 5.94. The van der Waals surface area contributed by atoms with E-state index in [1.54, 1.807) is 0 Å². The van der Waals surface area contributed by atoms with Crippen molar-refractivity contribution >= 4 is 5.91 Å². The Labute approximate surface area is 118 Å². The van der Waals surface area contributed by atoms with Crippen LogP contribution in [0, 0.1) is 6.92 Å². The number of hydrogen-bond donors (Lipinski definition) is 1. The van der Waals surface area contributed by atoms with E-state index in [-0.39, 0.29) is 11.9 Å². The third kappa shape index (κ3) is 2.67. The lowest BCUT2D eigenvalue weighted by Crippen LogP contribution is -2.42. The van der Waals surface area contributed by atoms with Crippen LogP contribution in [0.3, 0.4) is 0 Å². The van der Waals surface area contributed by atoms with Crippen LogP contribution in [0.2, 0.25) is 0 Å². The van der Waals surface area contributed by atoms with E-state index in [2.05, 4.69) is 17.4 Å². The Kier molecular flexibility index (Phi) is 3.42. The lowest BCUT2D eigenvalue weighted by atomic mass is 10.0. The topological polar surface area (TPSA) is 38.3 Å². The van der Waals surface area contributed by atoms with Crippen molar-refractivity contribution in [2.24, 2.45) is 0 Å². The highest BCUT2D eigenvalue weighted by atomic mass is 16.5. The quantitative estimate of drug-likeness (QED) is 0.908. The molecule has 0 saturated carbocycles. The maximum atomic E-state index is 12.1. The molecule has 1 aliphatic heterocycles. The summed E-state index contributed by atoms with van der Waals surface area (Å²) < 4.78 is 5.74. The summed E-state index contributed by atoms with van der Waals surface area (Å²) in [5.74, 6) is 0.893. The van der Waals surface area contributed by atoms with Crippen LogP contribution in [-0.2, 0) is 6.42 Å². The van der Waals surface area contributed by atoms with Crippen LogP contribution in [0.4, 0.5) is 0 Å². The maximum absolute atomic E-state index is 12.1. The molecule has 3 rings (SSSR count). The Morgan fingerprint density at radius 2 is 2.00 bits per heavy atom. The van der Waals surface area contributed by atoms with E-state index in [0.717, 1.165) is 17.7 Å². The summed E-state index contributed by atoms with van der Waals surface area (Å²) in [6, 6.07) is 15.5. The smallest absolute Gasteiger partial charge is 0.251 e. The second-order valence-corrected chi connectivity index (χ2v) is 5.16. The maximum Gasteiger partial charge on any atom is 0.251 e. The average Bonchev–Trinajstić information content (AvgIpc) is 2.48. The van der Waals surface area contributed by atoms with Crippen molar-refractivity contribution < 1.29 is 9.53 Å². The number of hydrogen-bond acceptors (Lipinski definition) is 2. The minimum atomic E-state index is -0.0465. The molecule has 1 aliphatic rings. The first-order valence-corrected chi connectivity index (χ1v) is 6.80. The van der Waals surface area contributed by atoms with Crippen molar-refractivity contribution in [1.29, 1.82) is 0 Å². The summed E-state index contributed by atoms with van der Waals surface area (Å²) in [6.07, 6.45) is 0.814. The van der Waals surface area contributed by atoms with E-state index in [9.17, 15) is 4.79 Å². The Balaban J connectivity index is 1.69. The summed E-state index contributed by atoms with van der Waals surface area (Å²) in [6.45, 7) is 2.57. The number of aryl methyl sites for hydroxylation is 1. The summed E-state index contributed by atoms with van der Waals surface area (Å²) in [4.78, 5) is 12.1. The molecule has 0 aliphatic carbocycles. The Morgan fingerprint density at radius 3 is 2.80 bits per heavy atom. The second-order valence-electron chi connectivity index (χ2n) is 5.16. The van der Waals surface area contributed by atoms with Gasteiger partial charge in [0.2, 0.25) is 0 Å². The van der Waals surface area contributed by atoms with Gasteiger partial charge in [0, 0.05) is 5.56 Å². The molecule has 20 heavy (non-hydrogen) atoms. The predicted octanol–water partition coefficient (Wildman–Crippen LogP) is 2.73. The highest BCUT2D eigenvalue weighted by Gasteiger charge is 2.21. The van der Waals surface area contributed by atoms with Gasteiger partial charge in [-0.1, -0.05) is 30.3 Å². The fourth-order valence-corrected chi connectivity index (χ4v) is 2.43. The van der Waals surface area contributed by atoms with Crippen LogP contribution in [0.1, 0.15) is 21.5 Å². The van der Waals surface area contributed by atoms with Gasteiger partial charge in [-0.05, 0) is 42.7 Å². The van der Waals surface area contributed by atoms with Gasteiger partial charge in [-0.2, -0.15) is 0 Å². The Hall–Kier alpha value is -2.29. The Morgan fingerprint density at radius 1 is 1.20 bits per heavy atom. The van der Waals surface area contributed by atoms with Gasteiger partial charge in [-0.3, -0.25) is 4.79 Å². The van der Waals surface area contributed by atoms with E-state index < -0.39 is 0 Å². The molecule has 1 N–H and O–H groups in total. The molecule has 0 bridgehead atoms. The van der Waals surface area contributed by atoms with E-state index in [0.29, 0.717) is 12.2 Å². The van der Waals surface area contributed by atoms with Crippen molar-refractivity contribution in [1.82, 2.24) is 5.32 Å². The first-order valence-electron chi connectivity index (χ1n) is 6.80. The number of rotatable bonds is 2. The molecule has 0 fully saturated rings. The van der Waals surface area contributed by atoms with E-state index in [1.807, 2.05) is 43.3 Å². The summed E-state index contributed by atoms with van der Waals surface area (Å²) in [5, 5.41) is 3.03. The monoisotopic (exact) mass is 267 g/mol. The first kappa shape index (κ1) is 12.7. The molecule has 3 nitrogen and oxygen atoms in total. The van der Waals surface area contributed by atoms with Crippen LogP contribution in [-0.4, -0.2) is 18.6 Å². The van der Waals surface area contributed by atoms with E-state index >= 15 is 0 Å². The molecule has 2 aromatic rings. The molecular formula is C17H17NO2. The molecule has 1 atom stereocenters. The van der Waals surface area contributed by atoms with Crippen LogP contribution < -0.4 is 10.1 Å². The third-order valence-corrected chi connectivity index (χ3v) is 3.50. The van der Waals surface area contributed by atoms with E-state index in [1.165, 1.54) is 5.56 Å². The number of nitrogens with one attached hydrogen (secondary N) is 1. The van der Waals surface area contributed by atoms with Gasteiger partial charge in [0.25, 0.3) is 5.91 Å². The van der Waals surface area contributed by atoms with Gasteiger partial charge in [0.05, 0.1) is 6.04 Å². The van der Waals surface area contributed by atoms with Crippen LogP contribution in [0.5, 0.6) is 5.75 Å². The summed E-state index contributed by atoms with van der Waals surface area (Å²) >= 11 is 0. The number of carbonyl (C=O) groups is 1. The zero-order chi connectivity index (χ0) is 13.9. The summed E-state index contributed by atoms with van der Waals surface area (Å²) in [7, 11) is 0. The molecule has 1 heterocycles. The van der Waals surface area contributed by atoms with Gasteiger partial charge in [-0.15, -0.1) is 0 Å². The second kappa shape index (κ2) is 5.37. The molecule has 0 aromatic heterocycles. The summed E-state index contributed by atoms with van der Waals surface area (Å²) in [5.41, 5.74) is 3.03. The third-order valence-electron chi connectivity index (χ3n) is 3.50. The number of ether oxygens (including phenoxy) is 1. The standard InChI is InChI=1S/C17H17NO2/c1-12-7-8-14-10-15(11-20-16(14)9-12)18-17(19)13-5-3-2-4-6-13/h2-9,15H,10-11H2,1H3,(H,18,19). The molecule has 2 aromatic carbocycles. The molecule has 1 amide bonds. The lowest BCUT2D eigenvalue weighted by Gasteiger charge is -2.26. The normalized spacial score (nSPS) is 16.9.